The van der Waals surface area contributed by atoms with E-state index in [9.17, 15) is 0 Å². The standard InChI is InChI=1S/C9H20N2/c1-2-3-4-8-5-6-9(10)11-7-8/h8-9,11H,2-7,10H2,1H3/t8-,9-/m0/s1. The van der Waals surface area contributed by atoms with Gasteiger partial charge in [-0.3, -0.25) is 0 Å². The SMILES string of the molecule is CCCC[C@H]1CC[C@@H](N)NC1. The van der Waals surface area contributed by atoms with E-state index in [0.29, 0.717) is 0 Å². The van der Waals surface area contributed by atoms with Gasteiger partial charge in [0, 0.05) is 0 Å². The Hall–Kier alpha value is -0.0800. The normalized spacial score (nSPS) is 32.2. The van der Waals surface area contributed by atoms with Crippen LogP contribution in [-0.2, 0) is 0 Å². The number of hydrogen-bond acceptors (Lipinski definition) is 2. The van der Waals surface area contributed by atoms with Crippen molar-refractivity contribution in [3.63, 3.8) is 0 Å². The highest BCUT2D eigenvalue weighted by molar-refractivity contribution is 4.73. The first-order chi connectivity index (χ1) is 5.33. The van der Waals surface area contributed by atoms with E-state index in [4.69, 9.17) is 5.73 Å². The van der Waals surface area contributed by atoms with Gasteiger partial charge in [0.2, 0.25) is 0 Å². The van der Waals surface area contributed by atoms with Crippen molar-refractivity contribution in [2.75, 3.05) is 6.54 Å². The highest BCUT2D eigenvalue weighted by Gasteiger charge is 2.16. The smallest absolute Gasteiger partial charge is 0.0546 e. The molecule has 0 radical (unpaired) electrons. The van der Waals surface area contributed by atoms with Gasteiger partial charge in [0.15, 0.2) is 0 Å². The lowest BCUT2D eigenvalue weighted by atomic mass is 9.93. The highest BCUT2D eigenvalue weighted by Crippen LogP contribution is 2.17. The fraction of sp³-hybridized carbons (Fsp3) is 1.00. The summed E-state index contributed by atoms with van der Waals surface area (Å²) in [5.74, 6) is 0.898. The molecule has 2 nitrogen and oxygen atoms in total. The first-order valence-corrected chi connectivity index (χ1v) is 4.82. The molecule has 0 aromatic rings. The third kappa shape index (κ3) is 3.21. The van der Waals surface area contributed by atoms with Crippen LogP contribution >= 0.6 is 0 Å². The number of nitrogens with two attached hydrogens (primary N) is 1. The largest absolute Gasteiger partial charge is 0.316 e. The maximum atomic E-state index is 5.71. The Morgan fingerprint density at radius 2 is 2.27 bits per heavy atom. The molecular formula is C9H20N2. The van der Waals surface area contributed by atoms with Crippen molar-refractivity contribution in [2.45, 2.75) is 45.2 Å². The van der Waals surface area contributed by atoms with Crippen LogP contribution in [0.5, 0.6) is 0 Å². The van der Waals surface area contributed by atoms with Crippen LogP contribution < -0.4 is 11.1 Å². The minimum absolute atomic E-state index is 0.271. The zero-order valence-electron chi connectivity index (χ0n) is 7.47. The number of rotatable bonds is 3. The summed E-state index contributed by atoms with van der Waals surface area (Å²) in [6.07, 6.45) is 6.84. The Kier molecular flexibility index (Phi) is 3.87. The average Bonchev–Trinajstić information content (AvgIpc) is 2.04. The van der Waals surface area contributed by atoms with Gasteiger partial charge in [-0.2, -0.15) is 0 Å². The molecule has 3 N–H and O–H groups in total. The predicted molar refractivity (Wildman–Crippen MR) is 48.2 cm³/mol. The summed E-state index contributed by atoms with van der Waals surface area (Å²) in [5, 5.41) is 3.32. The van der Waals surface area contributed by atoms with Crippen LogP contribution in [0.1, 0.15) is 39.0 Å². The predicted octanol–water partition coefficient (Wildman–Crippen LogP) is 1.46. The first-order valence-electron chi connectivity index (χ1n) is 4.82. The van der Waals surface area contributed by atoms with Crippen molar-refractivity contribution in [1.29, 1.82) is 0 Å². The first kappa shape index (κ1) is 9.01. The summed E-state index contributed by atoms with van der Waals surface area (Å²) in [6.45, 7) is 3.39. The Bertz CT molecular complexity index is 93.0. The van der Waals surface area contributed by atoms with Crippen molar-refractivity contribution in [2.24, 2.45) is 11.7 Å². The molecular weight excluding hydrogens is 136 g/mol. The lowest BCUT2D eigenvalue weighted by molar-refractivity contribution is 0.297. The number of nitrogens with one attached hydrogen (secondary N) is 1. The molecule has 1 rings (SSSR count). The second-order valence-electron chi connectivity index (χ2n) is 3.60. The van der Waals surface area contributed by atoms with Crippen molar-refractivity contribution in [3.8, 4) is 0 Å². The minimum Gasteiger partial charge on any atom is -0.316 e. The highest BCUT2D eigenvalue weighted by atomic mass is 15.0. The molecule has 0 aliphatic carbocycles. The summed E-state index contributed by atoms with van der Waals surface area (Å²) >= 11 is 0. The summed E-state index contributed by atoms with van der Waals surface area (Å²) in [4.78, 5) is 0. The van der Waals surface area contributed by atoms with E-state index in [0.717, 1.165) is 18.9 Å². The van der Waals surface area contributed by atoms with Gasteiger partial charge in [-0.1, -0.05) is 19.8 Å². The lowest BCUT2D eigenvalue weighted by Crippen LogP contribution is -2.44. The number of unbranched alkanes of at least 4 members (excludes halogenated alkanes) is 1. The molecule has 1 heterocycles. The zero-order valence-corrected chi connectivity index (χ0v) is 7.47. The second-order valence-corrected chi connectivity index (χ2v) is 3.60. The van der Waals surface area contributed by atoms with Crippen LogP contribution in [0.15, 0.2) is 0 Å². The van der Waals surface area contributed by atoms with Gasteiger partial charge in [0.05, 0.1) is 6.17 Å². The third-order valence-electron chi connectivity index (χ3n) is 2.52. The van der Waals surface area contributed by atoms with Crippen LogP contribution in [0.2, 0.25) is 0 Å². The third-order valence-corrected chi connectivity index (χ3v) is 2.52. The maximum Gasteiger partial charge on any atom is 0.0546 e. The molecule has 0 unspecified atom stereocenters. The van der Waals surface area contributed by atoms with Crippen molar-refractivity contribution in [3.05, 3.63) is 0 Å². The molecule has 0 bridgehead atoms. The number of hydrogen-bond donors (Lipinski definition) is 2. The summed E-state index contributed by atoms with van der Waals surface area (Å²) in [7, 11) is 0. The molecule has 1 aliphatic heterocycles. The average molecular weight is 156 g/mol. The fourth-order valence-corrected chi connectivity index (χ4v) is 1.68. The van der Waals surface area contributed by atoms with Gasteiger partial charge in [-0.05, 0) is 31.7 Å². The molecule has 0 amide bonds. The lowest BCUT2D eigenvalue weighted by Gasteiger charge is -2.27. The molecule has 0 saturated carbocycles. The van der Waals surface area contributed by atoms with Gasteiger partial charge >= 0.3 is 0 Å². The van der Waals surface area contributed by atoms with Crippen molar-refractivity contribution < 1.29 is 0 Å². The van der Waals surface area contributed by atoms with E-state index in [1.54, 1.807) is 0 Å². The van der Waals surface area contributed by atoms with Gasteiger partial charge in [0.25, 0.3) is 0 Å². The summed E-state index contributed by atoms with van der Waals surface area (Å²) < 4.78 is 0. The second kappa shape index (κ2) is 4.73. The Labute approximate surface area is 69.5 Å². The molecule has 66 valence electrons. The van der Waals surface area contributed by atoms with E-state index in [1.165, 1.54) is 25.7 Å². The monoisotopic (exact) mass is 156 g/mol. The Balaban J connectivity index is 2.07. The van der Waals surface area contributed by atoms with Crippen LogP contribution in [-0.4, -0.2) is 12.7 Å². The fourth-order valence-electron chi connectivity index (χ4n) is 1.68. The summed E-state index contributed by atoms with van der Waals surface area (Å²) in [5.41, 5.74) is 5.71. The molecule has 2 heteroatoms. The van der Waals surface area contributed by atoms with E-state index in [-0.39, 0.29) is 6.17 Å². The van der Waals surface area contributed by atoms with E-state index < -0.39 is 0 Å². The molecule has 1 saturated heterocycles. The van der Waals surface area contributed by atoms with E-state index >= 15 is 0 Å². The maximum absolute atomic E-state index is 5.71. The minimum atomic E-state index is 0.271. The summed E-state index contributed by atoms with van der Waals surface area (Å²) in [6, 6.07) is 0. The molecule has 1 fully saturated rings. The van der Waals surface area contributed by atoms with E-state index in [2.05, 4.69) is 12.2 Å². The molecule has 2 atom stereocenters. The molecule has 0 aromatic heterocycles. The topological polar surface area (TPSA) is 38.0 Å². The van der Waals surface area contributed by atoms with Gasteiger partial charge in [0.1, 0.15) is 0 Å². The Morgan fingerprint density at radius 1 is 1.45 bits per heavy atom. The molecule has 11 heavy (non-hydrogen) atoms. The quantitative estimate of drug-likeness (QED) is 0.649. The van der Waals surface area contributed by atoms with Gasteiger partial charge < -0.3 is 11.1 Å². The van der Waals surface area contributed by atoms with E-state index in [1.807, 2.05) is 0 Å². The van der Waals surface area contributed by atoms with Crippen LogP contribution in [0.25, 0.3) is 0 Å². The van der Waals surface area contributed by atoms with Crippen LogP contribution in [0.3, 0.4) is 0 Å². The van der Waals surface area contributed by atoms with Crippen LogP contribution in [0.4, 0.5) is 0 Å². The molecule has 0 aromatic carbocycles. The van der Waals surface area contributed by atoms with Gasteiger partial charge in [-0.25, -0.2) is 0 Å². The van der Waals surface area contributed by atoms with Crippen molar-refractivity contribution in [1.82, 2.24) is 5.32 Å². The molecule has 1 aliphatic rings. The Morgan fingerprint density at radius 3 is 2.82 bits per heavy atom. The van der Waals surface area contributed by atoms with Crippen LogP contribution in [0, 0.1) is 5.92 Å². The number of piperidine rings is 1. The zero-order chi connectivity index (χ0) is 8.10. The van der Waals surface area contributed by atoms with Crippen molar-refractivity contribution >= 4 is 0 Å². The molecule has 0 spiro atoms. The van der Waals surface area contributed by atoms with Gasteiger partial charge in [-0.15, -0.1) is 0 Å².